The summed E-state index contributed by atoms with van der Waals surface area (Å²) in [6.07, 6.45) is -1.22. The van der Waals surface area contributed by atoms with E-state index < -0.39 is 12.3 Å². The van der Waals surface area contributed by atoms with Gasteiger partial charge in [0.05, 0.1) is 13.2 Å². The lowest BCUT2D eigenvalue weighted by atomic mass is 10.5. The van der Waals surface area contributed by atoms with Gasteiger partial charge in [-0.3, -0.25) is 0 Å². The molecule has 0 aromatic rings. The number of aliphatic hydroxyl groups is 2. The van der Waals surface area contributed by atoms with E-state index in [1.54, 1.807) is 13.8 Å². The molecule has 0 bridgehead atoms. The van der Waals surface area contributed by atoms with E-state index in [-0.39, 0.29) is 13.2 Å². The molecular formula is C9H20O6. The normalized spacial score (nSPS) is 12.4. The first-order valence-corrected chi connectivity index (χ1v) is 4.89. The third-order valence-electron chi connectivity index (χ3n) is 1.55. The maximum absolute atomic E-state index is 9.49. The van der Waals surface area contributed by atoms with Gasteiger partial charge in [0.15, 0.2) is 0 Å². The second kappa shape index (κ2) is 7.98. The van der Waals surface area contributed by atoms with Crippen molar-refractivity contribution in [2.24, 2.45) is 0 Å². The monoisotopic (exact) mass is 224 g/mol. The summed E-state index contributed by atoms with van der Waals surface area (Å²) < 4.78 is 19.5. The van der Waals surface area contributed by atoms with Gasteiger partial charge in [-0.05, 0) is 13.8 Å². The Morgan fingerprint density at radius 2 is 1.60 bits per heavy atom. The van der Waals surface area contributed by atoms with Gasteiger partial charge in [0, 0.05) is 20.3 Å². The summed E-state index contributed by atoms with van der Waals surface area (Å²) in [5, 5.41) is 19.0. The van der Waals surface area contributed by atoms with Gasteiger partial charge in [-0.2, -0.15) is 0 Å². The van der Waals surface area contributed by atoms with Crippen LogP contribution in [-0.2, 0) is 18.9 Å². The Labute approximate surface area is 89.7 Å². The van der Waals surface area contributed by atoms with Crippen molar-refractivity contribution in [3.63, 3.8) is 0 Å². The van der Waals surface area contributed by atoms with E-state index in [0.29, 0.717) is 13.2 Å². The highest BCUT2D eigenvalue weighted by atomic mass is 16.8. The molecule has 0 heterocycles. The quantitative estimate of drug-likeness (QED) is 0.413. The van der Waals surface area contributed by atoms with Crippen molar-refractivity contribution in [1.82, 2.24) is 0 Å². The minimum absolute atomic E-state index is 0.0418. The summed E-state index contributed by atoms with van der Waals surface area (Å²) in [6.45, 7) is 4.32. The Bertz CT molecular complexity index is 144. The summed E-state index contributed by atoms with van der Waals surface area (Å²) >= 11 is 0. The standard InChI is InChI=1S/C9H20O6/c1-4-13-8(14-5-2)9(10,11)15-7-6-12-3/h8,10-11H,4-7H2,1-3H3. The lowest BCUT2D eigenvalue weighted by Crippen LogP contribution is -2.48. The van der Waals surface area contributed by atoms with E-state index in [1.807, 2.05) is 0 Å². The summed E-state index contributed by atoms with van der Waals surface area (Å²) in [5.74, 6) is -2.45. The molecule has 0 radical (unpaired) electrons. The topological polar surface area (TPSA) is 77.4 Å². The van der Waals surface area contributed by atoms with E-state index in [1.165, 1.54) is 7.11 Å². The van der Waals surface area contributed by atoms with Gasteiger partial charge >= 0.3 is 5.97 Å². The third-order valence-corrected chi connectivity index (χ3v) is 1.55. The molecule has 0 aliphatic carbocycles. The summed E-state index contributed by atoms with van der Waals surface area (Å²) in [4.78, 5) is 0. The second-order valence-corrected chi connectivity index (χ2v) is 2.74. The SMILES string of the molecule is CCOC(OCC)C(O)(O)OCCOC. The molecule has 92 valence electrons. The van der Waals surface area contributed by atoms with Crippen LogP contribution in [0.5, 0.6) is 0 Å². The number of methoxy groups -OCH3 is 1. The molecule has 0 aromatic heterocycles. The van der Waals surface area contributed by atoms with Crippen LogP contribution in [-0.4, -0.2) is 56.0 Å². The Morgan fingerprint density at radius 3 is 2.00 bits per heavy atom. The maximum atomic E-state index is 9.49. The van der Waals surface area contributed by atoms with Crippen LogP contribution in [0.4, 0.5) is 0 Å². The van der Waals surface area contributed by atoms with Crippen LogP contribution >= 0.6 is 0 Å². The van der Waals surface area contributed by atoms with Crippen LogP contribution in [0.15, 0.2) is 0 Å². The minimum Gasteiger partial charge on any atom is -0.382 e. The molecule has 0 saturated heterocycles. The number of ether oxygens (including phenoxy) is 4. The average Bonchev–Trinajstić information content (AvgIpc) is 2.18. The molecule has 0 unspecified atom stereocenters. The predicted octanol–water partition coefficient (Wildman–Crippen LogP) is -0.313. The van der Waals surface area contributed by atoms with E-state index in [9.17, 15) is 10.2 Å². The molecule has 15 heavy (non-hydrogen) atoms. The molecule has 0 aromatic carbocycles. The lowest BCUT2D eigenvalue weighted by molar-refractivity contribution is -0.428. The minimum atomic E-state index is -2.45. The molecule has 6 heteroatoms. The lowest BCUT2D eigenvalue weighted by Gasteiger charge is -2.29. The molecule has 0 spiro atoms. The van der Waals surface area contributed by atoms with E-state index in [0.717, 1.165) is 0 Å². The van der Waals surface area contributed by atoms with Gasteiger partial charge in [0.1, 0.15) is 0 Å². The van der Waals surface area contributed by atoms with Crippen molar-refractivity contribution in [2.75, 3.05) is 33.5 Å². The highest BCUT2D eigenvalue weighted by Crippen LogP contribution is 2.14. The Kier molecular flexibility index (Phi) is 7.85. The molecule has 0 aliphatic rings. The number of hydrogen-bond donors (Lipinski definition) is 2. The van der Waals surface area contributed by atoms with Crippen LogP contribution in [0.3, 0.4) is 0 Å². The Balaban J connectivity index is 4.08. The summed E-state index contributed by atoms with van der Waals surface area (Å²) in [7, 11) is 1.49. The molecule has 0 amide bonds. The predicted molar refractivity (Wildman–Crippen MR) is 52.0 cm³/mol. The van der Waals surface area contributed by atoms with Crippen LogP contribution in [0, 0.1) is 0 Å². The smallest absolute Gasteiger partial charge is 0.332 e. The van der Waals surface area contributed by atoms with Gasteiger partial charge in [-0.15, -0.1) is 0 Å². The largest absolute Gasteiger partial charge is 0.382 e. The van der Waals surface area contributed by atoms with Crippen LogP contribution in [0.1, 0.15) is 13.8 Å². The molecule has 0 atom stereocenters. The van der Waals surface area contributed by atoms with Crippen molar-refractivity contribution < 1.29 is 29.2 Å². The van der Waals surface area contributed by atoms with Gasteiger partial charge < -0.3 is 29.2 Å². The zero-order valence-electron chi connectivity index (χ0n) is 9.43. The zero-order chi connectivity index (χ0) is 11.7. The van der Waals surface area contributed by atoms with Gasteiger partial charge in [-0.25, -0.2) is 0 Å². The first-order chi connectivity index (χ1) is 7.08. The summed E-state index contributed by atoms with van der Waals surface area (Å²) in [6, 6.07) is 0. The van der Waals surface area contributed by atoms with Crippen LogP contribution in [0.25, 0.3) is 0 Å². The molecule has 0 aliphatic heterocycles. The number of hydrogen-bond acceptors (Lipinski definition) is 6. The van der Waals surface area contributed by atoms with E-state index in [2.05, 4.69) is 0 Å². The molecule has 0 rings (SSSR count). The maximum Gasteiger partial charge on any atom is 0.332 e. The fourth-order valence-electron chi connectivity index (χ4n) is 0.911. The summed E-state index contributed by atoms with van der Waals surface area (Å²) in [5.41, 5.74) is 0. The van der Waals surface area contributed by atoms with Crippen molar-refractivity contribution in [3.05, 3.63) is 0 Å². The molecule has 6 nitrogen and oxygen atoms in total. The first-order valence-electron chi connectivity index (χ1n) is 4.89. The number of rotatable bonds is 9. The molecule has 2 N–H and O–H groups in total. The Hall–Kier alpha value is -0.240. The Morgan fingerprint density at radius 1 is 1.07 bits per heavy atom. The van der Waals surface area contributed by atoms with Crippen molar-refractivity contribution in [3.8, 4) is 0 Å². The van der Waals surface area contributed by atoms with Crippen LogP contribution in [0.2, 0.25) is 0 Å². The van der Waals surface area contributed by atoms with Gasteiger partial charge in [0.25, 0.3) is 0 Å². The van der Waals surface area contributed by atoms with Crippen molar-refractivity contribution in [2.45, 2.75) is 26.1 Å². The fraction of sp³-hybridized carbons (Fsp3) is 1.00. The van der Waals surface area contributed by atoms with Crippen LogP contribution < -0.4 is 0 Å². The van der Waals surface area contributed by atoms with Crippen molar-refractivity contribution >= 4 is 0 Å². The van der Waals surface area contributed by atoms with Gasteiger partial charge in [-0.1, -0.05) is 0 Å². The van der Waals surface area contributed by atoms with Gasteiger partial charge in [0.2, 0.25) is 6.29 Å². The average molecular weight is 224 g/mol. The molecule has 0 fully saturated rings. The first kappa shape index (κ1) is 14.8. The third kappa shape index (κ3) is 6.03. The molecule has 0 saturated carbocycles. The van der Waals surface area contributed by atoms with Crippen molar-refractivity contribution in [1.29, 1.82) is 0 Å². The highest BCUT2D eigenvalue weighted by molar-refractivity contribution is 4.57. The van der Waals surface area contributed by atoms with E-state index in [4.69, 9.17) is 18.9 Å². The molecular weight excluding hydrogens is 204 g/mol. The highest BCUT2D eigenvalue weighted by Gasteiger charge is 2.37. The zero-order valence-corrected chi connectivity index (χ0v) is 9.43. The second-order valence-electron chi connectivity index (χ2n) is 2.74. The van der Waals surface area contributed by atoms with E-state index >= 15 is 0 Å². The fourth-order valence-corrected chi connectivity index (χ4v) is 0.911.